The topological polar surface area (TPSA) is 55.6 Å². The highest BCUT2D eigenvalue weighted by atomic mass is 35.5. The van der Waals surface area contributed by atoms with Crippen molar-refractivity contribution in [2.45, 2.75) is 13.5 Å². The third kappa shape index (κ3) is 2.70. The van der Waals surface area contributed by atoms with Crippen LogP contribution in [0.25, 0.3) is 0 Å². The van der Waals surface area contributed by atoms with Crippen molar-refractivity contribution in [3.63, 3.8) is 0 Å². The summed E-state index contributed by atoms with van der Waals surface area (Å²) < 4.78 is 1.85. The largest absolute Gasteiger partial charge is 0.368 e. The number of halogens is 1. The standard InChI is InChI=1S/C10H12ClN5/c1-8-7-13-10(11)15-9(8)12-4-6-16-5-2-3-14-16/h2-3,5,7H,4,6H2,1H3,(H,12,13,15). The first-order valence-corrected chi connectivity index (χ1v) is 5.34. The van der Waals surface area contributed by atoms with E-state index in [1.54, 1.807) is 12.4 Å². The number of anilines is 1. The number of aromatic nitrogens is 4. The van der Waals surface area contributed by atoms with E-state index in [4.69, 9.17) is 11.6 Å². The van der Waals surface area contributed by atoms with Crippen LogP contribution in [-0.4, -0.2) is 26.3 Å². The van der Waals surface area contributed by atoms with Crippen LogP contribution < -0.4 is 5.32 Å². The number of nitrogens with zero attached hydrogens (tertiary/aromatic N) is 4. The van der Waals surface area contributed by atoms with Crippen LogP contribution in [0.5, 0.6) is 0 Å². The Morgan fingerprint density at radius 1 is 1.50 bits per heavy atom. The molecular weight excluding hydrogens is 226 g/mol. The Labute approximate surface area is 98.5 Å². The van der Waals surface area contributed by atoms with E-state index >= 15 is 0 Å². The Kier molecular flexibility index (Phi) is 3.36. The summed E-state index contributed by atoms with van der Waals surface area (Å²) in [6.45, 7) is 3.47. The third-order valence-electron chi connectivity index (χ3n) is 2.13. The van der Waals surface area contributed by atoms with Gasteiger partial charge in [-0.3, -0.25) is 4.68 Å². The monoisotopic (exact) mass is 237 g/mol. The summed E-state index contributed by atoms with van der Waals surface area (Å²) in [7, 11) is 0. The number of hydrogen-bond donors (Lipinski definition) is 1. The molecule has 0 atom stereocenters. The van der Waals surface area contributed by atoms with Crippen LogP contribution in [0.2, 0.25) is 5.28 Å². The summed E-state index contributed by atoms with van der Waals surface area (Å²) in [4.78, 5) is 8.00. The van der Waals surface area contributed by atoms with Crippen molar-refractivity contribution in [1.82, 2.24) is 19.7 Å². The maximum atomic E-state index is 5.72. The minimum Gasteiger partial charge on any atom is -0.368 e. The second-order valence-electron chi connectivity index (χ2n) is 3.37. The second-order valence-corrected chi connectivity index (χ2v) is 3.70. The second kappa shape index (κ2) is 4.94. The first-order chi connectivity index (χ1) is 7.75. The maximum Gasteiger partial charge on any atom is 0.224 e. The van der Waals surface area contributed by atoms with Gasteiger partial charge in [0, 0.05) is 30.7 Å². The van der Waals surface area contributed by atoms with Crippen molar-refractivity contribution < 1.29 is 0 Å². The zero-order valence-corrected chi connectivity index (χ0v) is 9.65. The lowest BCUT2D eigenvalue weighted by Crippen LogP contribution is -2.12. The van der Waals surface area contributed by atoms with Crippen LogP contribution in [0.15, 0.2) is 24.7 Å². The molecule has 0 aliphatic heterocycles. The Hall–Kier alpha value is -1.62. The molecule has 2 heterocycles. The average molecular weight is 238 g/mol. The molecule has 0 spiro atoms. The highest BCUT2D eigenvalue weighted by molar-refractivity contribution is 6.28. The molecule has 0 saturated carbocycles. The quantitative estimate of drug-likeness (QED) is 0.824. The van der Waals surface area contributed by atoms with E-state index in [0.717, 1.165) is 24.5 Å². The van der Waals surface area contributed by atoms with Gasteiger partial charge in [-0.2, -0.15) is 5.10 Å². The van der Waals surface area contributed by atoms with Gasteiger partial charge in [0.15, 0.2) is 0 Å². The summed E-state index contributed by atoms with van der Waals surface area (Å²) >= 11 is 5.72. The van der Waals surface area contributed by atoms with E-state index in [1.807, 2.05) is 23.9 Å². The van der Waals surface area contributed by atoms with Crippen LogP contribution in [0, 0.1) is 6.92 Å². The van der Waals surface area contributed by atoms with Gasteiger partial charge in [-0.05, 0) is 24.6 Å². The summed E-state index contributed by atoms with van der Waals surface area (Å²) in [6.07, 6.45) is 5.37. The van der Waals surface area contributed by atoms with Crippen molar-refractivity contribution in [2.24, 2.45) is 0 Å². The van der Waals surface area contributed by atoms with Crippen molar-refractivity contribution in [3.05, 3.63) is 35.5 Å². The van der Waals surface area contributed by atoms with E-state index in [1.165, 1.54) is 0 Å². The van der Waals surface area contributed by atoms with Gasteiger partial charge in [0.25, 0.3) is 0 Å². The van der Waals surface area contributed by atoms with Crippen molar-refractivity contribution in [1.29, 1.82) is 0 Å². The summed E-state index contributed by atoms with van der Waals surface area (Å²) in [5.74, 6) is 0.771. The molecule has 0 fully saturated rings. The highest BCUT2D eigenvalue weighted by Crippen LogP contribution is 2.11. The molecule has 1 N–H and O–H groups in total. The predicted octanol–water partition coefficient (Wildman–Crippen LogP) is 1.75. The van der Waals surface area contributed by atoms with Gasteiger partial charge in [0.2, 0.25) is 5.28 Å². The lowest BCUT2D eigenvalue weighted by atomic mass is 10.3. The van der Waals surface area contributed by atoms with Crippen LogP contribution in [0.4, 0.5) is 5.82 Å². The van der Waals surface area contributed by atoms with E-state index in [9.17, 15) is 0 Å². The van der Waals surface area contributed by atoms with Gasteiger partial charge in [-0.25, -0.2) is 9.97 Å². The SMILES string of the molecule is Cc1cnc(Cl)nc1NCCn1cccn1. The molecule has 16 heavy (non-hydrogen) atoms. The van der Waals surface area contributed by atoms with Crippen LogP contribution >= 0.6 is 11.6 Å². The van der Waals surface area contributed by atoms with Gasteiger partial charge in [0.1, 0.15) is 5.82 Å². The van der Waals surface area contributed by atoms with Gasteiger partial charge in [-0.1, -0.05) is 0 Å². The van der Waals surface area contributed by atoms with Crippen molar-refractivity contribution >= 4 is 17.4 Å². The smallest absolute Gasteiger partial charge is 0.224 e. The van der Waals surface area contributed by atoms with E-state index < -0.39 is 0 Å². The molecule has 0 aliphatic carbocycles. The van der Waals surface area contributed by atoms with Crippen LogP contribution in [0.1, 0.15) is 5.56 Å². The highest BCUT2D eigenvalue weighted by Gasteiger charge is 2.01. The molecule has 84 valence electrons. The summed E-state index contributed by atoms with van der Waals surface area (Å²) in [5.41, 5.74) is 0.977. The summed E-state index contributed by atoms with van der Waals surface area (Å²) in [6, 6.07) is 1.90. The molecule has 0 saturated heterocycles. The van der Waals surface area contributed by atoms with Gasteiger partial charge >= 0.3 is 0 Å². The third-order valence-corrected chi connectivity index (χ3v) is 2.32. The molecule has 0 aliphatic rings. The number of hydrogen-bond acceptors (Lipinski definition) is 4. The molecule has 0 amide bonds. The van der Waals surface area contributed by atoms with E-state index in [2.05, 4.69) is 20.4 Å². The maximum absolute atomic E-state index is 5.72. The van der Waals surface area contributed by atoms with E-state index in [-0.39, 0.29) is 5.28 Å². The fraction of sp³-hybridized carbons (Fsp3) is 0.300. The lowest BCUT2D eigenvalue weighted by Gasteiger charge is -2.08. The minimum atomic E-state index is 0.257. The minimum absolute atomic E-state index is 0.257. The average Bonchev–Trinajstić information content (AvgIpc) is 2.76. The van der Waals surface area contributed by atoms with Gasteiger partial charge < -0.3 is 5.32 Å². The Balaban J connectivity index is 1.92. The Morgan fingerprint density at radius 2 is 2.38 bits per heavy atom. The van der Waals surface area contributed by atoms with Gasteiger partial charge in [0.05, 0.1) is 6.54 Å². The van der Waals surface area contributed by atoms with Crippen LogP contribution in [0.3, 0.4) is 0 Å². The fourth-order valence-corrected chi connectivity index (χ4v) is 1.45. The molecule has 2 aromatic rings. The lowest BCUT2D eigenvalue weighted by molar-refractivity contribution is 0.637. The number of aryl methyl sites for hydroxylation is 1. The van der Waals surface area contributed by atoms with Crippen LogP contribution in [-0.2, 0) is 6.54 Å². The predicted molar refractivity (Wildman–Crippen MR) is 62.5 cm³/mol. The first-order valence-electron chi connectivity index (χ1n) is 4.96. The number of nitrogens with one attached hydrogen (secondary N) is 1. The van der Waals surface area contributed by atoms with Gasteiger partial charge in [-0.15, -0.1) is 0 Å². The molecule has 0 radical (unpaired) electrons. The normalized spacial score (nSPS) is 10.4. The van der Waals surface area contributed by atoms with E-state index in [0.29, 0.717) is 0 Å². The fourth-order valence-electron chi connectivity index (χ4n) is 1.32. The molecule has 2 aromatic heterocycles. The molecule has 5 nitrogen and oxygen atoms in total. The van der Waals surface area contributed by atoms with Crippen molar-refractivity contribution in [2.75, 3.05) is 11.9 Å². The molecule has 0 bridgehead atoms. The first kappa shape index (κ1) is 10.9. The molecule has 2 rings (SSSR count). The molecular formula is C10H12ClN5. The summed E-state index contributed by atoms with van der Waals surface area (Å²) in [5, 5.41) is 7.56. The Morgan fingerprint density at radius 3 is 3.12 bits per heavy atom. The molecule has 0 unspecified atom stereocenters. The number of rotatable bonds is 4. The van der Waals surface area contributed by atoms with Crippen molar-refractivity contribution in [3.8, 4) is 0 Å². The zero-order chi connectivity index (χ0) is 11.4. The molecule has 6 heteroatoms. The molecule has 0 aromatic carbocycles. The Bertz CT molecular complexity index is 454. The zero-order valence-electron chi connectivity index (χ0n) is 8.89.